The van der Waals surface area contributed by atoms with Crippen molar-refractivity contribution >= 4 is 23.1 Å². The van der Waals surface area contributed by atoms with Gasteiger partial charge in [-0.15, -0.1) is 0 Å². The van der Waals surface area contributed by atoms with Crippen molar-refractivity contribution in [1.29, 1.82) is 5.26 Å². The highest BCUT2D eigenvalue weighted by Crippen LogP contribution is 2.30. The molecule has 2 N–H and O–H groups in total. The molecule has 0 unspecified atom stereocenters. The van der Waals surface area contributed by atoms with Crippen molar-refractivity contribution in [2.45, 2.75) is 12.8 Å². The van der Waals surface area contributed by atoms with Gasteiger partial charge in [-0.2, -0.15) is 5.26 Å². The molecule has 0 bridgehead atoms. The summed E-state index contributed by atoms with van der Waals surface area (Å²) in [6.07, 6.45) is 3.51. The molecule has 104 valence electrons. The quantitative estimate of drug-likeness (QED) is 0.901. The van der Waals surface area contributed by atoms with Crippen molar-refractivity contribution in [3.05, 3.63) is 48.2 Å². The molecule has 1 aromatic heterocycles. The van der Waals surface area contributed by atoms with E-state index in [2.05, 4.69) is 15.6 Å². The van der Waals surface area contributed by atoms with Crippen LogP contribution in [0, 0.1) is 17.2 Å². The first-order valence-corrected chi connectivity index (χ1v) is 6.79. The predicted molar refractivity (Wildman–Crippen MR) is 80.0 cm³/mol. The molecule has 0 spiro atoms. The number of amides is 1. The van der Waals surface area contributed by atoms with Gasteiger partial charge in [0.15, 0.2) is 0 Å². The average Bonchev–Trinajstić information content (AvgIpc) is 3.35. The average molecular weight is 278 g/mol. The smallest absolute Gasteiger partial charge is 0.227 e. The molecule has 1 aliphatic carbocycles. The second-order valence-corrected chi connectivity index (χ2v) is 5.01. The van der Waals surface area contributed by atoms with Crippen LogP contribution in [0.25, 0.3) is 0 Å². The number of nitriles is 1. The molecular weight excluding hydrogens is 264 g/mol. The fraction of sp³-hybridized carbons (Fsp3) is 0.188. The van der Waals surface area contributed by atoms with E-state index in [1.807, 2.05) is 30.3 Å². The van der Waals surface area contributed by atoms with Gasteiger partial charge in [-0.05, 0) is 49.2 Å². The number of rotatable bonds is 4. The summed E-state index contributed by atoms with van der Waals surface area (Å²) in [4.78, 5) is 15.8. The Balaban J connectivity index is 1.63. The van der Waals surface area contributed by atoms with Crippen LogP contribution in [0.3, 0.4) is 0 Å². The summed E-state index contributed by atoms with van der Waals surface area (Å²) in [6, 6.07) is 12.9. The number of carbonyl (C=O) groups excluding carboxylic acids is 1. The van der Waals surface area contributed by atoms with Crippen LogP contribution in [0.1, 0.15) is 18.4 Å². The molecular formula is C16H14N4O. The first-order chi connectivity index (χ1) is 10.2. The SMILES string of the molecule is N#Cc1ccc(Nc2ccc(NC(=O)C3CC3)cc2)nc1. The van der Waals surface area contributed by atoms with E-state index in [1.54, 1.807) is 12.1 Å². The topological polar surface area (TPSA) is 77.8 Å². The standard InChI is InChI=1S/C16H14N4O/c17-9-11-1-8-15(18-10-11)19-13-4-6-14(7-5-13)20-16(21)12-2-3-12/h1,4-8,10,12H,2-3H2,(H,18,19)(H,20,21). The summed E-state index contributed by atoms with van der Waals surface area (Å²) < 4.78 is 0. The number of nitrogens with one attached hydrogen (secondary N) is 2. The Labute approximate surface area is 122 Å². The molecule has 0 saturated heterocycles. The number of pyridine rings is 1. The minimum Gasteiger partial charge on any atom is -0.340 e. The largest absolute Gasteiger partial charge is 0.340 e. The Morgan fingerprint density at radius 1 is 1.14 bits per heavy atom. The van der Waals surface area contributed by atoms with E-state index in [1.165, 1.54) is 6.20 Å². The van der Waals surface area contributed by atoms with Crippen molar-refractivity contribution in [2.24, 2.45) is 5.92 Å². The molecule has 1 aliphatic rings. The van der Waals surface area contributed by atoms with Gasteiger partial charge in [0.2, 0.25) is 5.91 Å². The van der Waals surface area contributed by atoms with Crippen LogP contribution in [0.2, 0.25) is 0 Å². The van der Waals surface area contributed by atoms with Gasteiger partial charge in [-0.1, -0.05) is 0 Å². The summed E-state index contributed by atoms with van der Waals surface area (Å²) in [5.74, 6) is 0.971. The zero-order valence-electron chi connectivity index (χ0n) is 11.3. The third kappa shape index (κ3) is 3.37. The van der Waals surface area contributed by atoms with Gasteiger partial charge in [0.05, 0.1) is 5.56 Å². The maximum Gasteiger partial charge on any atom is 0.227 e. The maximum atomic E-state index is 11.6. The van der Waals surface area contributed by atoms with Crippen molar-refractivity contribution in [3.8, 4) is 6.07 Å². The maximum absolute atomic E-state index is 11.6. The van der Waals surface area contributed by atoms with Gasteiger partial charge in [-0.3, -0.25) is 4.79 Å². The molecule has 0 radical (unpaired) electrons. The second kappa shape index (κ2) is 5.63. The highest BCUT2D eigenvalue weighted by molar-refractivity contribution is 5.94. The Hall–Kier alpha value is -2.87. The van der Waals surface area contributed by atoms with E-state index in [9.17, 15) is 4.79 Å². The number of nitrogens with zero attached hydrogens (tertiary/aromatic N) is 2. The summed E-state index contributed by atoms with van der Waals surface area (Å²) in [5, 5.41) is 14.7. The third-order valence-electron chi connectivity index (χ3n) is 3.27. The minimum atomic E-state index is 0.101. The van der Waals surface area contributed by atoms with Crippen LogP contribution in [0.5, 0.6) is 0 Å². The van der Waals surface area contributed by atoms with E-state index < -0.39 is 0 Å². The predicted octanol–water partition coefficient (Wildman–Crippen LogP) is 3.05. The molecule has 1 amide bonds. The molecule has 1 fully saturated rings. The van der Waals surface area contributed by atoms with Crippen LogP contribution in [0.4, 0.5) is 17.2 Å². The van der Waals surface area contributed by atoms with Crippen molar-refractivity contribution in [3.63, 3.8) is 0 Å². The zero-order chi connectivity index (χ0) is 14.7. The Bertz CT molecular complexity index is 682. The number of anilines is 3. The highest BCUT2D eigenvalue weighted by atomic mass is 16.2. The highest BCUT2D eigenvalue weighted by Gasteiger charge is 2.29. The molecule has 0 atom stereocenters. The number of carbonyl (C=O) groups is 1. The molecule has 2 aromatic rings. The van der Waals surface area contributed by atoms with E-state index in [0.717, 1.165) is 24.2 Å². The van der Waals surface area contributed by atoms with Crippen LogP contribution in [-0.4, -0.2) is 10.9 Å². The van der Waals surface area contributed by atoms with Crippen LogP contribution < -0.4 is 10.6 Å². The first-order valence-electron chi connectivity index (χ1n) is 6.79. The van der Waals surface area contributed by atoms with E-state index in [-0.39, 0.29) is 11.8 Å². The normalized spacial score (nSPS) is 13.3. The first kappa shape index (κ1) is 13.1. The molecule has 3 rings (SSSR count). The number of hydrogen-bond donors (Lipinski definition) is 2. The van der Waals surface area contributed by atoms with Gasteiger partial charge in [0, 0.05) is 23.5 Å². The molecule has 5 nitrogen and oxygen atoms in total. The van der Waals surface area contributed by atoms with Gasteiger partial charge in [0.1, 0.15) is 11.9 Å². The van der Waals surface area contributed by atoms with Crippen LogP contribution in [-0.2, 0) is 4.79 Å². The number of benzene rings is 1. The second-order valence-electron chi connectivity index (χ2n) is 5.01. The zero-order valence-corrected chi connectivity index (χ0v) is 11.3. The fourth-order valence-electron chi connectivity index (χ4n) is 1.91. The summed E-state index contributed by atoms with van der Waals surface area (Å²) in [7, 11) is 0. The van der Waals surface area contributed by atoms with Crippen LogP contribution >= 0.6 is 0 Å². The molecule has 1 aromatic carbocycles. The summed E-state index contributed by atoms with van der Waals surface area (Å²) in [6.45, 7) is 0. The summed E-state index contributed by atoms with van der Waals surface area (Å²) in [5.41, 5.74) is 2.19. The molecule has 0 aliphatic heterocycles. The minimum absolute atomic E-state index is 0.101. The van der Waals surface area contributed by atoms with E-state index >= 15 is 0 Å². The lowest BCUT2D eigenvalue weighted by atomic mass is 10.2. The van der Waals surface area contributed by atoms with E-state index in [0.29, 0.717) is 11.4 Å². The monoisotopic (exact) mass is 278 g/mol. The van der Waals surface area contributed by atoms with Crippen molar-refractivity contribution in [2.75, 3.05) is 10.6 Å². The fourth-order valence-corrected chi connectivity index (χ4v) is 1.91. The lowest BCUT2D eigenvalue weighted by Gasteiger charge is -2.08. The number of aromatic nitrogens is 1. The molecule has 5 heteroatoms. The number of hydrogen-bond acceptors (Lipinski definition) is 4. The molecule has 21 heavy (non-hydrogen) atoms. The third-order valence-corrected chi connectivity index (χ3v) is 3.27. The summed E-state index contributed by atoms with van der Waals surface area (Å²) >= 11 is 0. The Morgan fingerprint density at radius 2 is 1.86 bits per heavy atom. The lowest BCUT2D eigenvalue weighted by molar-refractivity contribution is -0.117. The molecule has 1 saturated carbocycles. The lowest BCUT2D eigenvalue weighted by Crippen LogP contribution is -2.13. The van der Waals surface area contributed by atoms with Crippen molar-refractivity contribution in [1.82, 2.24) is 4.98 Å². The van der Waals surface area contributed by atoms with Crippen LogP contribution in [0.15, 0.2) is 42.6 Å². The molecule has 1 heterocycles. The van der Waals surface area contributed by atoms with E-state index in [4.69, 9.17) is 5.26 Å². The van der Waals surface area contributed by atoms with Gasteiger partial charge in [0.25, 0.3) is 0 Å². The van der Waals surface area contributed by atoms with Gasteiger partial charge in [-0.25, -0.2) is 4.98 Å². The van der Waals surface area contributed by atoms with Gasteiger partial charge < -0.3 is 10.6 Å². The van der Waals surface area contributed by atoms with Crippen molar-refractivity contribution < 1.29 is 4.79 Å². The van der Waals surface area contributed by atoms with Gasteiger partial charge >= 0.3 is 0 Å². The Kier molecular flexibility index (Phi) is 3.52. The Morgan fingerprint density at radius 3 is 2.43 bits per heavy atom.